The summed E-state index contributed by atoms with van der Waals surface area (Å²) in [6.07, 6.45) is 1.58. The van der Waals surface area contributed by atoms with Crippen LogP contribution in [-0.4, -0.2) is 42.7 Å². The second-order valence-electron chi connectivity index (χ2n) is 9.36. The Hall–Kier alpha value is -4.82. The van der Waals surface area contributed by atoms with E-state index < -0.39 is 11.1 Å². The summed E-state index contributed by atoms with van der Waals surface area (Å²) in [5.74, 6) is 0.458. The summed E-state index contributed by atoms with van der Waals surface area (Å²) in [6.45, 7) is 3.97. The molecule has 0 saturated carbocycles. The summed E-state index contributed by atoms with van der Waals surface area (Å²) >= 11 is 0. The lowest BCUT2D eigenvalue weighted by molar-refractivity contribution is 0.230. The quantitative estimate of drug-likeness (QED) is 0.129. The van der Waals surface area contributed by atoms with Crippen LogP contribution < -0.4 is 22.4 Å². The average Bonchev–Trinajstić information content (AvgIpc) is 3.53. The van der Waals surface area contributed by atoms with Crippen LogP contribution in [-0.2, 0) is 23.9 Å². The van der Waals surface area contributed by atoms with E-state index in [4.69, 9.17) is 11.5 Å². The van der Waals surface area contributed by atoms with E-state index in [2.05, 4.69) is 52.0 Å². The lowest BCUT2D eigenvalue weighted by atomic mass is 9.72. The molecule has 2 aliphatic carbocycles. The Bertz CT molecular complexity index is 1420. The number of aliphatic imine (C=N–C) groups is 2. The Morgan fingerprint density at radius 2 is 1.13 bits per heavy atom. The molecule has 2 aromatic carbocycles. The predicted molar refractivity (Wildman–Crippen MR) is 135 cm³/mol. The fourth-order valence-electron chi connectivity index (χ4n) is 4.79. The van der Waals surface area contributed by atoms with Gasteiger partial charge in [-0.2, -0.15) is 0 Å². The van der Waals surface area contributed by atoms with Crippen molar-refractivity contribution in [3.05, 3.63) is 82.2 Å². The minimum absolute atomic E-state index is 0.0801. The van der Waals surface area contributed by atoms with Gasteiger partial charge in [-0.15, -0.1) is 0 Å². The highest BCUT2D eigenvalue weighted by molar-refractivity contribution is 6.00. The first kappa shape index (κ1) is 24.9. The van der Waals surface area contributed by atoms with E-state index in [0.717, 1.165) is 24.0 Å². The SMILES string of the molecule is C[C@@]1(N=C(NO)c2nonc2N)Cc2ccccc21.C[C@]1(N=C(NO)c2nonc2N)Cc2ccccc21. The van der Waals surface area contributed by atoms with Crippen molar-refractivity contribution in [1.82, 2.24) is 31.6 Å². The van der Waals surface area contributed by atoms with Crippen LogP contribution in [0.5, 0.6) is 0 Å². The number of hydrogen-bond donors (Lipinski definition) is 6. The van der Waals surface area contributed by atoms with Crippen LogP contribution in [0.2, 0.25) is 0 Å². The van der Waals surface area contributed by atoms with Crippen LogP contribution in [0.4, 0.5) is 11.6 Å². The van der Waals surface area contributed by atoms with Crippen molar-refractivity contribution in [2.75, 3.05) is 11.5 Å². The fraction of sp³-hybridized carbons (Fsp3) is 0.250. The van der Waals surface area contributed by atoms with E-state index in [-0.39, 0.29) is 34.7 Å². The van der Waals surface area contributed by atoms with Gasteiger partial charge >= 0.3 is 0 Å². The smallest absolute Gasteiger partial charge is 0.199 e. The summed E-state index contributed by atoms with van der Waals surface area (Å²) < 4.78 is 9.01. The molecule has 0 unspecified atom stereocenters. The number of nitrogens with one attached hydrogen (secondary N) is 2. The second kappa shape index (κ2) is 9.57. The fourth-order valence-corrected chi connectivity index (χ4v) is 4.79. The van der Waals surface area contributed by atoms with Crippen molar-refractivity contribution < 1.29 is 19.7 Å². The molecule has 0 aliphatic heterocycles. The minimum Gasteiger partial charge on any atom is -0.379 e. The maximum Gasteiger partial charge on any atom is 0.199 e. The molecule has 38 heavy (non-hydrogen) atoms. The lowest BCUT2D eigenvalue weighted by Crippen LogP contribution is -2.37. The van der Waals surface area contributed by atoms with Crippen LogP contribution in [0, 0.1) is 0 Å². The minimum atomic E-state index is -0.410. The van der Waals surface area contributed by atoms with E-state index in [0.29, 0.717) is 0 Å². The predicted octanol–water partition coefficient (Wildman–Crippen LogP) is 1.70. The molecule has 14 heteroatoms. The molecule has 2 atom stereocenters. The number of aromatic nitrogens is 4. The summed E-state index contributed by atoms with van der Waals surface area (Å²) in [5.41, 5.74) is 19.5. The normalized spacial score (nSPS) is 21.7. The highest BCUT2D eigenvalue weighted by atomic mass is 16.6. The number of hydrogen-bond acceptors (Lipinski definition) is 12. The molecule has 2 aromatic heterocycles. The van der Waals surface area contributed by atoms with Crippen LogP contribution in [0.15, 0.2) is 67.8 Å². The molecule has 4 aromatic rings. The summed E-state index contributed by atoms with van der Waals surface area (Å²) in [6, 6.07) is 16.1. The van der Waals surface area contributed by atoms with Gasteiger partial charge in [0.05, 0.1) is 11.1 Å². The largest absolute Gasteiger partial charge is 0.379 e. The topological polar surface area (TPSA) is 219 Å². The second-order valence-corrected chi connectivity index (χ2v) is 9.36. The summed E-state index contributed by atoms with van der Waals surface area (Å²) in [5, 5.41) is 32.6. The first-order chi connectivity index (χ1) is 18.3. The zero-order valence-electron chi connectivity index (χ0n) is 20.6. The van der Waals surface area contributed by atoms with Crippen LogP contribution >= 0.6 is 0 Å². The maximum absolute atomic E-state index is 9.21. The number of hydroxylamine groups is 2. The van der Waals surface area contributed by atoms with Crippen molar-refractivity contribution in [3.8, 4) is 0 Å². The Morgan fingerprint density at radius 1 is 0.737 bits per heavy atom. The van der Waals surface area contributed by atoms with Gasteiger partial charge in [0, 0.05) is 12.8 Å². The molecule has 196 valence electrons. The van der Waals surface area contributed by atoms with Crippen molar-refractivity contribution in [2.24, 2.45) is 9.98 Å². The zero-order chi connectivity index (χ0) is 26.9. The van der Waals surface area contributed by atoms with E-state index in [9.17, 15) is 10.4 Å². The van der Waals surface area contributed by atoms with Gasteiger partial charge < -0.3 is 11.5 Å². The highest BCUT2D eigenvalue weighted by Crippen LogP contribution is 2.43. The molecule has 0 saturated heterocycles. The van der Waals surface area contributed by atoms with Crippen molar-refractivity contribution in [3.63, 3.8) is 0 Å². The van der Waals surface area contributed by atoms with E-state index in [1.165, 1.54) is 11.1 Å². The molecule has 6 rings (SSSR count). The van der Waals surface area contributed by atoms with E-state index in [1.54, 1.807) is 0 Å². The molecule has 0 amide bonds. The van der Waals surface area contributed by atoms with Gasteiger partial charge in [-0.05, 0) is 56.7 Å². The Morgan fingerprint density at radius 3 is 1.45 bits per heavy atom. The number of anilines is 2. The summed E-state index contributed by atoms with van der Waals surface area (Å²) in [4.78, 5) is 8.98. The average molecular weight is 519 g/mol. The van der Waals surface area contributed by atoms with Gasteiger partial charge in [-0.3, -0.25) is 31.4 Å². The molecule has 0 fully saturated rings. The highest BCUT2D eigenvalue weighted by Gasteiger charge is 2.39. The zero-order valence-corrected chi connectivity index (χ0v) is 20.6. The van der Waals surface area contributed by atoms with Crippen molar-refractivity contribution in [2.45, 2.75) is 37.8 Å². The molecule has 0 spiro atoms. The third-order valence-corrected chi connectivity index (χ3v) is 6.67. The van der Waals surface area contributed by atoms with Gasteiger partial charge in [-0.1, -0.05) is 48.5 Å². The number of benzene rings is 2. The Labute approximate surface area is 216 Å². The first-order valence-electron chi connectivity index (χ1n) is 11.6. The third-order valence-electron chi connectivity index (χ3n) is 6.67. The standard InChI is InChI=1S/2C12H13N5O2/c2*1-12(6-7-4-2-3-5-8(7)12)14-11(15-18)9-10(13)17-19-16-9/h2*2-5,18H,6H2,1H3,(H2,13,17)(H,14,15)/t2*12-/m10/s1. The van der Waals surface area contributed by atoms with Gasteiger partial charge in [0.2, 0.25) is 0 Å². The molecule has 0 bridgehead atoms. The van der Waals surface area contributed by atoms with E-state index >= 15 is 0 Å². The molecule has 0 radical (unpaired) electrons. The number of nitrogens with two attached hydrogens (primary N) is 2. The van der Waals surface area contributed by atoms with Crippen molar-refractivity contribution in [1.29, 1.82) is 0 Å². The molecule has 8 N–H and O–H groups in total. The number of nitrogen functional groups attached to an aromatic ring is 2. The van der Waals surface area contributed by atoms with Crippen LogP contribution in [0.3, 0.4) is 0 Å². The maximum atomic E-state index is 9.21. The molecular weight excluding hydrogens is 492 g/mol. The lowest BCUT2D eigenvalue weighted by Gasteiger charge is -2.38. The Balaban J connectivity index is 0.000000155. The molecule has 14 nitrogen and oxygen atoms in total. The van der Waals surface area contributed by atoms with Crippen LogP contribution in [0.1, 0.15) is 47.5 Å². The van der Waals surface area contributed by atoms with Crippen LogP contribution in [0.25, 0.3) is 0 Å². The summed E-state index contributed by atoms with van der Waals surface area (Å²) in [7, 11) is 0. The van der Waals surface area contributed by atoms with Gasteiger partial charge in [0.15, 0.2) is 34.7 Å². The molecule has 2 aliphatic rings. The monoisotopic (exact) mass is 518 g/mol. The number of amidine groups is 2. The van der Waals surface area contributed by atoms with E-state index in [1.807, 2.05) is 61.2 Å². The molecular formula is C24H26N10O4. The van der Waals surface area contributed by atoms with Gasteiger partial charge in [0.1, 0.15) is 0 Å². The number of rotatable bonds is 4. The third kappa shape index (κ3) is 4.31. The molecule has 2 heterocycles. The number of nitrogens with zero attached hydrogens (tertiary/aromatic N) is 6. The Kier molecular flexibility index (Phi) is 6.26. The number of fused-ring (bicyclic) bond motifs is 2. The van der Waals surface area contributed by atoms with Gasteiger partial charge in [-0.25, -0.2) is 9.26 Å². The first-order valence-corrected chi connectivity index (χ1v) is 11.6. The van der Waals surface area contributed by atoms with Crippen molar-refractivity contribution >= 4 is 23.3 Å². The van der Waals surface area contributed by atoms with Gasteiger partial charge in [0.25, 0.3) is 0 Å².